The summed E-state index contributed by atoms with van der Waals surface area (Å²) in [5, 5.41) is 0.673. The zero-order valence-corrected chi connectivity index (χ0v) is 15.6. The van der Waals surface area contributed by atoms with Gasteiger partial charge in [0.05, 0.1) is 31.2 Å². The van der Waals surface area contributed by atoms with Crippen LogP contribution in [-0.2, 0) is 6.42 Å². The Hall–Kier alpha value is -2.95. The van der Waals surface area contributed by atoms with Crippen molar-refractivity contribution in [2.45, 2.75) is 26.2 Å². The van der Waals surface area contributed by atoms with Crippen LogP contribution >= 0.6 is 0 Å². The van der Waals surface area contributed by atoms with Gasteiger partial charge in [0.25, 0.3) is 0 Å². The summed E-state index contributed by atoms with van der Waals surface area (Å²) in [6.45, 7) is 3.32. The minimum absolute atomic E-state index is 0.00221. The van der Waals surface area contributed by atoms with Crippen molar-refractivity contribution in [3.05, 3.63) is 52.3 Å². The second-order valence-electron chi connectivity index (χ2n) is 6.66. The van der Waals surface area contributed by atoms with E-state index in [9.17, 15) is 4.79 Å². The molecule has 4 rings (SSSR count). The molecule has 0 atom stereocenters. The summed E-state index contributed by atoms with van der Waals surface area (Å²) in [4.78, 5) is 16.7. The number of nitrogens with one attached hydrogen (secondary N) is 1. The molecule has 0 saturated carbocycles. The number of ether oxygens (including phenoxy) is 3. The number of hydrogen-bond acceptors (Lipinski definition) is 4. The fraction of sp³-hybridized carbons (Fsp3) is 0.318. The zero-order chi connectivity index (χ0) is 18.8. The van der Waals surface area contributed by atoms with Gasteiger partial charge >= 0.3 is 0 Å². The van der Waals surface area contributed by atoms with Crippen molar-refractivity contribution in [3.63, 3.8) is 0 Å². The van der Waals surface area contributed by atoms with Crippen LogP contribution in [0.15, 0.2) is 41.3 Å². The Morgan fingerprint density at radius 3 is 2.78 bits per heavy atom. The topological polar surface area (TPSA) is 60.5 Å². The highest BCUT2D eigenvalue weighted by Gasteiger charge is 2.21. The number of fused-ring (bicyclic) bond motifs is 3. The lowest BCUT2D eigenvalue weighted by molar-refractivity contribution is 0.283. The highest BCUT2D eigenvalue weighted by Crippen LogP contribution is 2.37. The third-order valence-corrected chi connectivity index (χ3v) is 4.88. The molecule has 0 saturated heterocycles. The van der Waals surface area contributed by atoms with Gasteiger partial charge in [0.2, 0.25) is 0 Å². The molecule has 1 aromatic heterocycles. The van der Waals surface area contributed by atoms with Crippen molar-refractivity contribution >= 4 is 10.9 Å². The molecule has 140 valence electrons. The van der Waals surface area contributed by atoms with Crippen LogP contribution in [-0.4, -0.2) is 25.3 Å². The van der Waals surface area contributed by atoms with E-state index in [1.165, 1.54) is 0 Å². The first-order valence-electron chi connectivity index (χ1n) is 9.34. The van der Waals surface area contributed by atoms with Crippen LogP contribution in [0.3, 0.4) is 0 Å². The van der Waals surface area contributed by atoms with Gasteiger partial charge in [0.1, 0.15) is 17.2 Å². The van der Waals surface area contributed by atoms with Crippen molar-refractivity contribution in [2.24, 2.45) is 0 Å². The molecule has 0 unspecified atom stereocenters. The van der Waals surface area contributed by atoms with Gasteiger partial charge in [-0.3, -0.25) is 4.79 Å². The van der Waals surface area contributed by atoms with Crippen LogP contribution in [0.2, 0.25) is 0 Å². The largest absolute Gasteiger partial charge is 0.497 e. The average molecular weight is 365 g/mol. The van der Waals surface area contributed by atoms with Crippen LogP contribution in [0.1, 0.15) is 25.3 Å². The van der Waals surface area contributed by atoms with Gasteiger partial charge in [-0.2, -0.15) is 0 Å². The Bertz CT molecular complexity index is 1020. The van der Waals surface area contributed by atoms with Crippen LogP contribution in [0, 0.1) is 0 Å². The molecular weight excluding hydrogens is 342 g/mol. The molecule has 0 spiro atoms. The number of aromatic amines is 1. The maximum Gasteiger partial charge on any atom is 0.197 e. The minimum Gasteiger partial charge on any atom is -0.497 e. The van der Waals surface area contributed by atoms with Crippen LogP contribution in [0.25, 0.3) is 22.0 Å². The molecule has 0 fully saturated rings. The molecule has 2 aromatic carbocycles. The number of pyridine rings is 1. The maximum atomic E-state index is 13.4. The molecule has 27 heavy (non-hydrogen) atoms. The van der Waals surface area contributed by atoms with Gasteiger partial charge in [-0.1, -0.05) is 19.1 Å². The van der Waals surface area contributed by atoms with E-state index in [0.29, 0.717) is 29.9 Å². The quantitative estimate of drug-likeness (QED) is 0.732. The SMILES string of the molecule is CCCOc1cc2c(c3c(=O)c(-c4ccc(OC)cc4)c[nH]c13)CCCO2. The summed E-state index contributed by atoms with van der Waals surface area (Å²) >= 11 is 0. The summed E-state index contributed by atoms with van der Waals surface area (Å²) in [6, 6.07) is 9.43. The van der Waals surface area contributed by atoms with Crippen LogP contribution in [0.5, 0.6) is 17.2 Å². The molecule has 3 aromatic rings. The third kappa shape index (κ3) is 3.14. The monoisotopic (exact) mass is 365 g/mol. The number of rotatable bonds is 5. The van der Waals surface area contributed by atoms with Gasteiger partial charge in [0.15, 0.2) is 5.43 Å². The molecule has 1 N–H and O–H groups in total. The second kappa shape index (κ2) is 7.35. The highest BCUT2D eigenvalue weighted by atomic mass is 16.5. The van der Waals surface area contributed by atoms with E-state index in [0.717, 1.165) is 47.4 Å². The van der Waals surface area contributed by atoms with E-state index in [2.05, 4.69) is 11.9 Å². The van der Waals surface area contributed by atoms with Gasteiger partial charge in [-0.05, 0) is 37.0 Å². The Morgan fingerprint density at radius 1 is 1.22 bits per heavy atom. The fourth-order valence-electron chi connectivity index (χ4n) is 3.53. The zero-order valence-electron chi connectivity index (χ0n) is 15.6. The van der Waals surface area contributed by atoms with Crippen LogP contribution < -0.4 is 19.6 Å². The standard InChI is InChI=1S/C22H23NO4/c1-3-10-26-19-12-18-16(5-4-11-27-18)20-21(19)23-13-17(22(20)24)14-6-8-15(25-2)9-7-14/h6-9,12-13H,3-5,10-11H2,1-2H3,(H,23,24). The normalized spacial score (nSPS) is 13.1. The summed E-state index contributed by atoms with van der Waals surface area (Å²) < 4.78 is 16.9. The van der Waals surface area contributed by atoms with E-state index in [1.54, 1.807) is 13.3 Å². The highest BCUT2D eigenvalue weighted by molar-refractivity contribution is 5.92. The lowest BCUT2D eigenvalue weighted by atomic mass is 9.97. The summed E-state index contributed by atoms with van der Waals surface area (Å²) in [7, 11) is 1.63. The van der Waals surface area contributed by atoms with E-state index in [4.69, 9.17) is 14.2 Å². The second-order valence-corrected chi connectivity index (χ2v) is 6.66. The lowest BCUT2D eigenvalue weighted by Crippen LogP contribution is -2.15. The van der Waals surface area contributed by atoms with E-state index >= 15 is 0 Å². The molecular formula is C22H23NO4. The van der Waals surface area contributed by atoms with Crippen molar-refractivity contribution < 1.29 is 14.2 Å². The number of methoxy groups -OCH3 is 1. The Morgan fingerprint density at radius 2 is 2.04 bits per heavy atom. The summed E-state index contributed by atoms with van der Waals surface area (Å²) in [5.41, 5.74) is 3.19. The first kappa shape index (κ1) is 17.5. The van der Waals surface area contributed by atoms with Crippen molar-refractivity contribution in [1.29, 1.82) is 0 Å². The van der Waals surface area contributed by atoms with Crippen molar-refractivity contribution in [2.75, 3.05) is 20.3 Å². The third-order valence-electron chi connectivity index (χ3n) is 4.88. The predicted octanol–water partition coefficient (Wildman–Crippen LogP) is 4.32. The average Bonchev–Trinajstić information content (AvgIpc) is 2.72. The molecule has 1 aliphatic heterocycles. The summed E-state index contributed by atoms with van der Waals surface area (Å²) in [5.74, 6) is 2.19. The first-order valence-corrected chi connectivity index (χ1v) is 9.34. The summed E-state index contributed by atoms with van der Waals surface area (Å²) in [6.07, 6.45) is 4.40. The van der Waals surface area contributed by atoms with Crippen molar-refractivity contribution in [1.82, 2.24) is 4.98 Å². The number of H-pyrrole nitrogens is 1. The molecule has 0 radical (unpaired) electrons. The molecule has 0 amide bonds. The molecule has 1 aliphatic rings. The Labute approximate surface area is 157 Å². The van der Waals surface area contributed by atoms with E-state index in [1.807, 2.05) is 30.3 Å². The molecule has 5 nitrogen and oxygen atoms in total. The number of aryl methyl sites for hydroxylation is 1. The molecule has 5 heteroatoms. The molecule has 0 bridgehead atoms. The van der Waals surface area contributed by atoms with Gasteiger partial charge in [-0.25, -0.2) is 0 Å². The first-order chi connectivity index (χ1) is 13.2. The number of aromatic nitrogens is 1. The smallest absolute Gasteiger partial charge is 0.197 e. The van der Waals surface area contributed by atoms with Gasteiger partial charge in [0, 0.05) is 23.4 Å². The minimum atomic E-state index is -0.00221. The molecule has 2 heterocycles. The Balaban J connectivity index is 1.93. The van der Waals surface area contributed by atoms with Gasteiger partial charge < -0.3 is 19.2 Å². The van der Waals surface area contributed by atoms with Gasteiger partial charge in [-0.15, -0.1) is 0 Å². The predicted molar refractivity (Wildman–Crippen MR) is 106 cm³/mol. The number of benzene rings is 2. The number of hydrogen-bond donors (Lipinski definition) is 1. The Kier molecular flexibility index (Phi) is 4.75. The molecule has 0 aliphatic carbocycles. The van der Waals surface area contributed by atoms with E-state index < -0.39 is 0 Å². The van der Waals surface area contributed by atoms with Crippen LogP contribution in [0.4, 0.5) is 0 Å². The van der Waals surface area contributed by atoms with E-state index in [-0.39, 0.29) is 5.43 Å². The lowest BCUT2D eigenvalue weighted by Gasteiger charge is -2.21. The van der Waals surface area contributed by atoms with Crippen molar-refractivity contribution in [3.8, 4) is 28.4 Å². The maximum absolute atomic E-state index is 13.4. The fourth-order valence-corrected chi connectivity index (χ4v) is 3.53.